The van der Waals surface area contributed by atoms with Crippen LogP contribution in [0.1, 0.15) is 53.6 Å². The van der Waals surface area contributed by atoms with Gasteiger partial charge < -0.3 is 19.7 Å². The van der Waals surface area contributed by atoms with Gasteiger partial charge >= 0.3 is 6.36 Å². The number of H-pyrrole nitrogens is 1. The number of hydrogen-bond donors (Lipinski definition) is 2. The standard InChI is InChI=1S/C32H27ClF3N3O4/c33-23-9-3-8-22(17-23)31(12-13-31)30-37-26-11-4-14-39(18-25(26)28(41)38-30)29(42)27(40)21-7-1-5-19(15-21)20-6-2-10-24(16-20)43-32(34,35)36/h1-3,5-10,15-17,27,40H,4,11-14,18H2,(H,37,38,41). The van der Waals surface area contributed by atoms with E-state index in [9.17, 15) is 27.9 Å². The van der Waals surface area contributed by atoms with Crippen LogP contribution < -0.4 is 10.3 Å². The maximum Gasteiger partial charge on any atom is 0.573 e. The lowest BCUT2D eigenvalue weighted by Gasteiger charge is -2.24. The quantitative estimate of drug-likeness (QED) is 0.276. The monoisotopic (exact) mass is 609 g/mol. The molecule has 2 heterocycles. The van der Waals surface area contributed by atoms with Gasteiger partial charge in [0.05, 0.1) is 23.2 Å². The number of carbonyl (C=O) groups excluding carboxylic acids is 1. The van der Waals surface area contributed by atoms with Crippen molar-refractivity contribution >= 4 is 17.5 Å². The second kappa shape index (κ2) is 11.2. The van der Waals surface area contributed by atoms with Gasteiger partial charge in [-0.1, -0.05) is 54.1 Å². The third-order valence-corrected chi connectivity index (χ3v) is 8.26. The van der Waals surface area contributed by atoms with Gasteiger partial charge in [-0.25, -0.2) is 4.98 Å². The molecule has 222 valence electrons. The number of alkyl halides is 3. The molecule has 2 aliphatic rings. The number of amides is 1. The molecule has 0 spiro atoms. The molecular weight excluding hydrogens is 583 g/mol. The van der Waals surface area contributed by atoms with E-state index >= 15 is 0 Å². The SMILES string of the molecule is O=C(C(O)c1cccc(-c2cccc(OC(F)(F)F)c2)c1)N1CCCc2nc(C3(c4cccc(Cl)c4)CC3)[nH]c(=O)c2C1. The summed E-state index contributed by atoms with van der Waals surface area (Å²) in [5, 5.41) is 11.7. The van der Waals surface area contributed by atoms with Crippen LogP contribution in [0.5, 0.6) is 5.75 Å². The molecule has 2 N–H and O–H groups in total. The van der Waals surface area contributed by atoms with Gasteiger partial charge in [0.15, 0.2) is 6.10 Å². The Morgan fingerprint density at radius 1 is 1.05 bits per heavy atom. The van der Waals surface area contributed by atoms with E-state index in [2.05, 4.69) is 9.72 Å². The molecule has 1 aliphatic carbocycles. The second-order valence-corrected chi connectivity index (χ2v) is 11.3. The zero-order valence-electron chi connectivity index (χ0n) is 22.8. The lowest BCUT2D eigenvalue weighted by atomic mass is 9.94. The predicted octanol–water partition coefficient (Wildman–Crippen LogP) is 6.08. The average Bonchev–Trinajstić information content (AvgIpc) is 3.81. The first-order valence-corrected chi connectivity index (χ1v) is 14.2. The normalized spacial score (nSPS) is 16.6. The van der Waals surface area contributed by atoms with Gasteiger partial charge in [0, 0.05) is 11.6 Å². The van der Waals surface area contributed by atoms with Gasteiger partial charge in [0.1, 0.15) is 11.6 Å². The highest BCUT2D eigenvalue weighted by molar-refractivity contribution is 6.30. The fourth-order valence-electron chi connectivity index (χ4n) is 5.69. The number of nitrogens with zero attached hydrogens (tertiary/aromatic N) is 2. The zero-order valence-corrected chi connectivity index (χ0v) is 23.6. The molecule has 1 aliphatic heterocycles. The molecule has 1 unspecified atom stereocenters. The van der Waals surface area contributed by atoms with Crippen molar-refractivity contribution < 1.29 is 27.8 Å². The third kappa shape index (κ3) is 6.03. The Bertz CT molecular complexity index is 1750. The van der Waals surface area contributed by atoms with Crippen molar-refractivity contribution in [3.8, 4) is 16.9 Å². The molecule has 6 rings (SSSR count). The first kappa shape index (κ1) is 28.9. The highest BCUT2D eigenvalue weighted by Crippen LogP contribution is 2.52. The first-order chi connectivity index (χ1) is 20.5. The van der Waals surface area contributed by atoms with Crippen LogP contribution in [0.4, 0.5) is 13.2 Å². The topological polar surface area (TPSA) is 95.5 Å². The molecule has 4 aromatic rings. The summed E-state index contributed by atoms with van der Waals surface area (Å²) in [6.45, 7) is 0.311. The predicted molar refractivity (Wildman–Crippen MR) is 154 cm³/mol. The van der Waals surface area contributed by atoms with Crippen LogP contribution in [0.2, 0.25) is 5.02 Å². The fourth-order valence-corrected chi connectivity index (χ4v) is 5.88. The molecule has 3 aromatic carbocycles. The summed E-state index contributed by atoms with van der Waals surface area (Å²) < 4.78 is 42.1. The molecule has 1 saturated carbocycles. The van der Waals surface area contributed by atoms with E-state index < -0.39 is 18.4 Å². The van der Waals surface area contributed by atoms with Gasteiger partial charge in [-0.3, -0.25) is 9.59 Å². The van der Waals surface area contributed by atoms with E-state index in [4.69, 9.17) is 16.6 Å². The lowest BCUT2D eigenvalue weighted by molar-refractivity contribution is -0.274. The number of aliphatic hydroxyl groups excluding tert-OH is 1. The minimum Gasteiger partial charge on any atom is -0.406 e. The Labute approximate surface area is 249 Å². The minimum absolute atomic E-state index is 0.00543. The van der Waals surface area contributed by atoms with Crippen LogP contribution in [-0.2, 0) is 23.2 Å². The summed E-state index contributed by atoms with van der Waals surface area (Å²) >= 11 is 6.22. The lowest BCUT2D eigenvalue weighted by Crippen LogP contribution is -2.36. The van der Waals surface area contributed by atoms with Gasteiger partial charge in [-0.15, -0.1) is 13.2 Å². The maximum atomic E-state index is 13.5. The van der Waals surface area contributed by atoms with Crippen LogP contribution >= 0.6 is 11.6 Å². The maximum absolute atomic E-state index is 13.5. The number of ether oxygens (including phenoxy) is 1. The fraction of sp³-hybridized carbons (Fsp3) is 0.281. The Hall–Kier alpha value is -4.15. The van der Waals surface area contributed by atoms with Crippen LogP contribution in [0.15, 0.2) is 77.6 Å². The highest BCUT2D eigenvalue weighted by atomic mass is 35.5. The number of benzene rings is 3. The summed E-state index contributed by atoms with van der Waals surface area (Å²) in [5.74, 6) is -0.363. The summed E-state index contributed by atoms with van der Waals surface area (Å²) in [7, 11) is 0. The van der Waals surface area contributed by atoms with E-state index in [1.165, 1.54) is 23.1 Å². The smallest absolute Gasteiger partial charge is 0.406 e. The number of halogens is 4. The number of hydrogen-bond acceptors (Lipinski definition) is 5. The van der Waals surface area contributed by atoms with Gasteiger partial charge in [0.2, 0.25) is 0 Å². The molecule has 0 saturated heterocycles. The zero-order chi connectivity index (χ0) is 30.4. The Kier molecular flexibility index (Phi) is 7.52. The molecule has 1 fully saturated rings. The molecular formula is C32H27ClF3N3O4. The number of aryl methyl sites for hydroxylation is 1. The second-order valence-electron chi connectivity index (χ2n) is 10.9. The molecule has 1 amide bonds. The third-order valence-electron chi connectivity index (χ3n) is 8.02. The number of aromatic nitrogens is 2. The summed E-state index contributed by atoms with van der Waals surface area (Å²) in [6.07, 6.45) is -3.64. The summed E-state index contributed by atoms with van der Waals surface area (Å²) in [4.78, 5) is 36.1. The highest BCUT2D eigenvalue weighted by Gasteiger charge is 2.49. The van der Waals surface area contributed by atoms with E-state index in [0.717, 1.165) is 18.4 Å². The minimum atomic E-state index is -4.83. The van der Waals surface area contributed by atoms with Crippen molar-refractivity contribution in [1.29, 1.82) is 0 Å². The van der Waals surface area contributed by atoms with Gasteiger partial charge in [0.25, 0.3) is 11.5 Å². The Balaban J connectivity index is 1.22. The van der Waals surface area contributed by atoms with Crippen LogP contribution in [0.3, 0.4) is 0 Å². The Morgan fingerprint density at radius 3 is 2.49 bits per heavy atom. The molecule has 43 heavy (non-hydrogen) atoms. The summed E-state index contributed by atoms with van der Waals surface area (Å²) in [6, 6.07) is 19.4. The number of carbonyl (C=O) groups is 1. The van der Waals surface area contributed by atoms with Crippen molar-refractivity contribution in [2.24, 2.45) is 0 Å². The Morgan fingerprint density at radius 2 is 1.77 bits per heavy atom. The first-order valence-electron chi connectivity index (χ1n) is 13.8. The molecule has 1 aromatic heterocycles. The number of aromatic amines is 1. The molecule has 1 atom stereocenters. The number of fused-ring (bicyclic) bond motifs is 1. The van der Waals surface area contributed by atoms with Crippen LogP contribution in [-0.4, -0.2) is 38.8 Å². The van der Waals surface area contributed by atoms with Crippen molar-refractivity contribution in [2.45, 2.75) is 50.1 Å². The number of rotatable bonds is 6. The number of aliphatic hydroxyl groups is 1. The summed E-state index contributed by atoms with van der Waals surface area (Å²) in [5.41, 5.74) is 2.52. The van der Waals surface area contributed by atoms with Crippen LogP contribution in [0.25, 0.3) is 11.1 Å². The molecule has 0 bridgehead atoms. The van der Waals surface area contributed by atoms with Crippen molar-refractivity contribution in [3.63, 3.8) is 0 Å². The van der Waals surface area contributed by atoms with Crippen molar-refractivity contribution in [1.82, 2.24) is 14.9 Å². The van der Waals surface area contributed by atoms with Crippen molar-refractivity contribution in [3.05, 3.63) is 116 Å². The van der Waals surface area contributed by atoms with E-state index in [1.807, 2.05) is 18.2 Å². The van der Waals surface area contributed by atoms with Crippen molar-refractivity contribution in [2.75, 3.05) is 6.54 Å². The largest absolute Gasteiger partial charge is 0.573 e. The average molecular weight is 610 g/mol. The molecule has 7 nitrogen and oxygen atoms in total. The molecule has 0 radical (unpaired) electrons. The van der Waals surface area contributed by atoms with E-state index in [1.54, 1.807) is 36.4 Å². The van der Waals surface area contributed by atoms with E-state index in [0.29, 0.717) is 52.6 Å². The molecule has 11 heteroatoms. The van der Waals surface area contributed by atoms with Gasteiger partial charge in [-0.05, 0) is 78.3 Å². The van der Waals surface area contributed by atoms with Gasteiger partial charge in [-0.2, -0.15) is 0 Å². The van der Waals surface area contributed by atoms with E-state index in [-0.39, 0.29) is 28.8 Å². The number of nitrogens with one attached hydrogen (secondary N) is 1. The van der Waals surface area contributed by atoms with Crippen LogP contribution in [0, 0.1) is 0 Å².